The molecule has 9 nitrogen and oxygen atoms in total. The molecule has 0 saturated heterocycles. The number of nitrogens with one attached hydrogen (secondary N) is 2. The van der Waals surface area contributed by atoms with Crippen molar-refractivity contribution in [1.29, 1.82) is 0 Å². The summed E-state index contributed by atoms with van der Waals surface area (Å²) >= 11 is 0. The van der Waals surface area contributed by atoms with Crippen molar-refractivity contribution in [2.75, 3.05) is 22.6 Å². The number of hydrogen-bond donors (Lipinski definition) is 2. The molecule has 0 unspecified atom stereocenters. The summed E-state index contributed by atoms with van der Waals surface area (Å²) in [4.78, 5) is 24.1. The fraction of sp³-hybridized carbons (Fsp3) is 0.118. The number of amidine groups is 2. The predicted octanol–water partition coefficient (Wildman–Crippen LogP) is 6.94. The molecule has 9 heteroatoms. The molecule has 7 rings (SSSR count). The summed E-state index contributed by atoms with van der Waals surface area (Å²) in [6, 6.07) is 33.4. The van der Waals surface area contributed by atoms with Gasteiger partial charge in [-0.2, -0.15) is 5.10 Å². The van der Waals surface area contributed by atoms with Gasteiger partial charge in [0.15, 0.2) is 17.5 Å². The molecule has 1 atom stereocenters. The number of benzene rings is 4. The summed E-state index contributed by atoms with van der Waals surface area (Å²) in [5.74, 6) is 2.64. The summed E-state index contributed by atoms with van der Waals surface area (Å²) in [6.45, 7) is 3.52. The Morgan fingerprint density at radius 2 is 1.53 bits per heavy atom. The third-order valence-electron chi connectivity index (χ3n) is 7.54. The molecule has 0 bridgehead atoms. The lowest BCUT2D eigenvalue weighted by Gasteiger charge is -2.41. The zero-order chi connectivity index (χ0) is 29.5. The number of amides is 1. The van der Waals surface area contributed by atoms with Crippen LogP contribution in [0.1, 0.15) is 29.8 Å². The number of aliphatic imine (C=N–C) groups is 2. The van der Waals surface area contributed by atoms with Gasteiger partial charge in [-0.3, -0.25) is 4.79 Å². The number of anilines is 3. The first-order chi connectivity index (χ1) is 21.0. The average molecular weight is 568 g/mol. The zero-order valence-corrected chi connectivity index (χ0v) is 23.9. The van der Waals surface area contributed by atoms with Crippen molar-refractivity contribution < 1.29 is 9.53 Å². The van der Waals surface area contributed by atoms with Crippen LogP contribution in [-0.2, 0) is 4.79 Å². The Morgan fingerprint density at radius 1 is 0.837 bits per heavy atom. The number of methoxy groups -OCH3 is 1. The van der Waals surface area contributed by atoms with Crippen LogP contribution in [0, 0.1) is 6.92 Å². The van der Waals surface area contributed by atoms with E-state index in [-0.39, 0.29) is 11.9 Å². The molecule has 0 radical (unpaired) electrons. The van der Waals surface area contributed by atoms with E-state index in [0.29, 0.717) is 17.4 Å². The van der Waals surface area contributed by atoms with Crippen LogP contribution in [0.2, 0.25) is 0 Å². The molecule has 0 fully saturated rings. The van der Waals surface area contributed by atoms with Gasteiger partial charge in [-0.15, -0.1) is 0 Å². The van der Waals surface area contributed by atoms with E-state index in [1.54, 1.807) is 7.11 Å². The standard InChI is InChI=1S/C34H29N7O2/c1-21-30-31(26-13-7-10-16-29(26)43-3)40-28-15-9-8-14-27(28)37-32(36-24-19-17-23(18-20-24)35-22(2)42)34(40)38-33(30)41(39-21)25-11-5-4-6-12-25/h4-20,31H,1-3H3,(H,35,42)(H,36,37)/t31-/m0/s1. The zero-order valence-electron chi connectivity index (χ0n) is 23.9. The lowest BCUT2D eigenvalue weighted by molar-refractivity contribution is -0.114. The molecule has 1 amide bonds. The fourth-order valence-electron chi connectivity index (χ4n) is 5.71. The second kappa shape index (κ2) is 10.6. The molecule has 2 aliphatic rings. The molecule has 3 heterocycles. The van der Waals surface area contributed by atoms with E-state index in [1.165, 1.54) is 6.92 Å². The fourth-order valence-corrected chi connectivity index (χ4v) is 5.71. The third kappa shape index (κ3) is 4.61. The topological polar surface area (TPSA) is 96.1 Å². The number of aromatic nitrogens is 2. The highest BCUT2D eigenvalue weighted by molar-refractivity contribution is 6.51. The normalized spacial score (nSPS) is 15.0. The van der Waals surface area contributed by atoms with Gasteiger partial charge in [0.25, 0.3) is 0 Å². The summed E-state index contributed by atoms with van der Waals surface area (Å²) in [6.07, 6.45) is 0. The average Bonchev–Trinajstić information content (AvgIpc) is 3.37. The van der Waals surface area contributed by atoms with Crippen molar-refractivity contribution in [1.82, 2.24) is 9.78 Å². The minimum Gasteiger partial charge on any atom is -0.496 e. The maximum atomic E-state index is 11.5. The van der Waals surface area contributed by atoms with Crippen molar-refractivity contribution in [3.8, 4) is 11.4 Å². The van der Waals surface area contributed by atoms with Crippen molar-refractivity contribution in [3.63, 3.8) is 0 Å². The lowest BCUT2D eigenvalue weighted by atomic mass is 9.92. The molecule has 1 aromatic heterocycles. The van der Waals surface area contributed by atoms with E-state index in [4.69, 9.17) is 19.8 Å². The number of carbonyl (C=O) groups excluding carboxylic acids is 1. The molecule has 43 heavy (non-hydrogen) atoms. The third-order valence-corrected chi connectivity index (χ3v) is 7.54. The first-order valence-corrected chi connectivity index (χ1v) is 14.0. The Hall–Kier alpha value is -5.70. The van der Waals surface area contributed by atoms with E-state index in [1.807, 2.05) is 103 Å². The Morgan fingerprint density at radius 3 is 2.30 bits per heavy atom. The van der Waals surface area contributed by atoms with Crippen LogP contribution >= 0.6 is 0 Å². The second-order valence-corrected chi connectivity index (χ2v) is 10.4. The number of ether oxygens (including phenoxy) is 1. The first-order valence-electron chi connectivity index (χ1n) is 14.0. The van der Waals surface area contributed by atoms with Gasteiger partial charge in [0.1, 0.15) is 5.75 Å². The SMILES string of the molecule is COc1ccccc1[C@H]1c2c(C)nn(-c3ccccc3)c2N=C2C(Nc3ccc(NC(C)=O)cc3)=Nc3ccccc3N21. The smallest absolute Gasteiger partial charge is 0.221 e. The highest BCUT2D eigenvalue weighted by atomic mass is 16.5. The van der Waals surface area contributed by atoms with Crippen molar-refractivity contribution in [2.24, 2.45) is 9.98 Å². The summed E-state index contributed by atoms with van der Waals surface area (Å²) < 4.78 is 7.80. The molecule has 4 aromatic carbocycles. The number of fused-ring (bicyclic) bond motifs is 4. The summed E-state index contributed by atoms with van der Waals surface area (Å²) in [5.41, 5.74) is 7.05. The highest BCUT2D eigenvalue weighted by Crippen LogP contribution is 2.49. The number of rotatable bonds is 5. The van der Waals surface area contributed by atoms with E-state index in [2.05, 4.69) is 27.7 Å². The summed E-state index contributed by atoms with van der Waals surface area (Å²) in [7, 11) is 1.70. The monoisotopic (exact) mass is 567 g/mol. The maximum absolute atomic E-state index is 11.5. The Labute approximate surface area is 249 Å². The van der Waals surface area contributed by atoms with Crippen molar-refractivity contribution >= 4 is 46.1 Å². The van der Waals surface area contributed by atoms with E-state index >= 15 is 0 Å². The van der Waals surface area contributed by atoms with E-state index in [0.717, 1.165) is 51.1 Å². The van der Waals surface area contributed by atoms with E-state index < -0.39 is 0 Å². The molecule has 2 aliphatic heterocycles. The van der Waals surface area contributed by atoms with Crippen LogP contribution in [0.25, 0.3) is 5.69 Å². The molecule has 5 aromatic rings. The van der Waals surface area contributed by atoms with Crippen molar-refractivity contribution in [2.45, 2.75) is 19.9 Å². The van der Waals surface area contributed by atoms with Gasteiger partial charge in [0.2, 0.25) is 5.91 Å². The number of hydrogen-bond acceptors (Lipinski definition) is 7. The van der Waals surface area contributed by atoms with Gasteiger partial charge in [0.05, 0.1) is 35.9 Å². The molecular formula is C34H29N7O2. The van der Waals surface area contributed by atoms with Gasteiger partial charge >= 0.3 is 0 Å². The van der Waals surface area contributed by atoms with Gasteiger partial charge in [-0.05, 0) is 61.5 Å². The Balaban J connectivity index is 1.45. The van der Waals surface area contributed by atoms with Crippen LogP contribution in [0.4, 0.5) is 28.6 Å². The molecular weight excluding hydrogens is 538 g/mol. The van der Waals surface area contributed by atoms with Gasteiger partial charge in [-0.25, -0.2) is 14.7 Å². The highest BCUT2D eigenvalue weighted by Gasteiger charge is 2.42. The van der Waals surface area contributed by atoms with Gasteiger partial charge in [-0.1, -0.05) is 48.5 Å². The van der Waals surface area contributed by atoms with E-state index in [9.17, 15) is 4.79 Å². The molecule has 0 saturated carbocycles. The largest absolute Gasteiger partial charge is 0.496 e. The van der Waals surface area contributed by atoms with Crippen LogP contribution in [-0.4, -0.2) is 34.5 Å². The number of aryl methyl sites for hydroxylation is 1. The molecule has 0 spiro atoms. The minimum absolute atomic E-state index is 0.121. The van der Waals surface area contributed by atoms with Gasteiger partial charge < -0.3 is 20.3 Å². The number of para-hydroxylation sites is 4. The summed E-state index contributed by atoms with van der Waals surface area (Å²) in [5, 5.41) is 11.3. The van der Waals surface area contributed by atoms with Crippen LogP contribution in [0.5, 0.6) is 5.75 Å². The lowest BCUT2D eigenvalue weighted by Crippen LogP contribution is -2.46. The maximum Gasteiger partial charge on any atom is 0.221 e. The van der Waals surface area contributed by atoms with Gasteiger partial charge in [0, 0.05) is 29.4 Å². The Kier molecular flexibility index (Phi) is 6.47. The molecule has 2 N–H and O–H groups in total. The van der Waals surface area contributed by atoms with Crippen molar-refractivity contribution in [3.05, 3.63) is 120 Å². The quantitative estimate of drug-likeness (QED) is 0.240. The Bertz CT molecular complexity index is 1910. The number of carbonyl (C=O) groups is 1. The minimum atomic E-state index is -0.299. The molecule has 0 aliphatic carbocycles. The van der Waals surface area contributed by atoms with Crippen LogP contribution < -0.4 is 20.3 Å². The predicted molar refractivity (Wildman–Crippen MR) is 171 cm³/mol. The van der Waals surface area contributed by atoms with Crippen LogP contribution in [0.15, 0.2) is 113 Å². The molecule has 212 valence electrons. The number of nitrogens with zero attached hydrogens (tertiary/aromatic N) is 5. The first kappa shape index (κ1) is 26.2. The van der Waals surface area contributed by atoms with Crippen LogP contribution in [0.3, 0.4) is 0 Å². The second-order valence-electron chi connectivity index (χ2n) is 10.4.